The Morgan fingerprint density at radius 3 is 2.61 bits per heavy atom. The fourth-order valence-corrected chi connectivity index (χ4v) is 4.07. The normalized spacial score (nSPS) is 16.4. The van der Waals surface area contributed by atoms with Crippen LogP contribution in [0.5, 0.6) is 5.75 Å². The van der Waals surface area contributed by atoms with Gasteiger partial charge in [0.1, 0.15) is 17.8 Å². The monoisotopic (exact) mass is 457 g/mol. The third-order valence-corrected chi connectivity index (χ3v) is 5.87. The number of H-pyrrole nitrogens is 1. The molecule has 11 heteroatoms. The Bertz CT molecular complexity index is 1130. The number of rotatable bonds is 5. The van der Waals surface area contributed by atoms with E-state index < -0.39 is 17.3 Å². The Morgan fingerprint density at radius 2 is 2.00 bits per heavy atom. The van der Waals surface area contributed by atoms with Crippen molar-refractivity contribution in [1.82, 2.24) is 15.1 Å². The molecule has 1 N–H and O–H groups in total. The van der Waals surface area contributed by atoms with Crippen molar-refractivity contribution in [3.8, 4) is 17.1 Å². The number of alkyl halides is 3. The van der Waals surface area contributed by atoms with Gasteiger partial charge in [-0.15, -0.1) is 0 Å². The molecule has 3 aromatic rings. The van der Waals surface area contributed by atoms with Gasteiger partial charge in [0.2, 0.25) is 5.89 Å². The molecule has 0 saturated heterocycles. The molecule has 0 amide bonds. The maximum atomic E-state index is 13.9. The number of aryl methyl sites for hydroxylation is 1. The lowest BCUT2D eigenvalue weighted by Crippen LogP contribution is -2.44. The Morgan fingerprint density at radius 1 is 1.26 bits per heavy atom. The number of halogens is 4. The molecule has 2 aromatic heterocycles. The van der Waals surface area contributed by atoms with Gasteiger partial charge >= 0.3 is 11.9 Å². The number of nitrogens with one attached hydrogen (secondary N) is 1. The van der Waals surface area contributed by atoms with E-state index in [-0.39, 0.29) is 41.9 Å². The third-order valence-electron chi connectivity index (χ3n) is 5.56. The van der Waals surface area contributed by atoms with Gasteiger partial charge in [0, 0.05) is 5.56 Å². The molecular formula is C20H19ClF3N3O4. The van der Waals surface area contributed by atoms with Crippen LogP contribution >= 0.6 is 11.6 Å². The van der Waals surface area contributed by atoms with Gasteiger partial charge < -0.3 is 9.15 Å². The van der Waals surface area contributed by atoms with Crippen LogP contribution in [0.15, 0.2) is 31.9 Å². The summed E-state index contributed by atoms with van der Waals surface area (Å²) < 4.78 is 57.4. The summed E-state index contributed by atoms with van der Waals surface area (Å²) in [4.78, 5) is 17.6. The standard InChI is InChI=1S/C20H19ClF3N3O4/c1-11-15(30-17(25-11)19(20(22,23)24)7-3-2-4-8-19)10-29-12-5-6-13(14(21)9-12)16-26-18(28)31-27-16/h5-6,9H,2-4,7-8,10H2,1H3,(H,26,27,28). The summed E-state index contributed by atoms with van der Waals surface area (Å²) in [5.74, 6) is -0.246. The summed E-state index contributed by atoms with van der Waals surface area (Å²) in [7, 11) is 0. The van der Waals surface area contributed by atoms with Crippen molar-refractivity contribution in [3.63, 3.8) is 0 Å². The van der Waals surface area contributed by atoms with Crippen LogP contribution in [0.25, 0.3) is 11.4 Å². The number of oxazole rings is 1. The molecule has 0 atom stereocenters. The number of nitrogens with zero attached hydrogens (tertiary/aromatic N) is 2. The van der Waals surface area contributed by atoms with Gasteiger partial charge in [-0.05, 0) is 38.0 Å². The number of ether oxygens (including phenoxy) is 1. The van der Waals surface area contributed by atoms with E-state index in [1.807, 2.05) is 0 Å². The molecule has 0 unspecified atom stereocenters. The molecule has 1 saturated carbocycles. The third kappa shape index (κ3) is 4.08. The van der Waals surface area contributed by atoms with Gasteiger partial charge in [-0.2, -0.15) is 13.2 Å². The molecule has 166 valence electrons. The van der Waals surface area contributed by atoms with Crippen LogP contribution < -0.4 is 10.5 Å². The maximum Gasteiger partial charge on any atom is 0.439 e. The Hall–Kier alpha value is -2.75. The first kappa shape index (κ1) is 21.5. The first-order valence-electron chi connectivity index (χ1n) is 9.72. The van der Waals surface area contributed by atoms with E-state index in [0.717, 1.165) is 6.42 Å². The minimum atomic E-state index is -4.44. The van der Waals surface area contributed by atoms with E-state index in [2.05, 4.69) is 19.6 Å². The summed E-state index contributed by atoms with van der Waals surface area (Å²) in [6.07, 6.45) is -2.76. The van der Waals surface area contributed by atoms with Crippen molar-refractivity contribution in [1.29, 1.82) is 0 Å². The number of aromatic nitrogens is 3. The van der Waals surface area contributed by atoms with E-state index in [1.54, 1.807) is 19.1 Å². The molecule has 1 fully saturated rings. The second-order valence-corrected chi connectivity index (χ2v) is 7.95. The van der Waals surface area contributed by atoms with Gasteiger partial charge in [-0.1, -0.05) is 36.0 Å². The highest BCUT2D eigenvalue weighted by Gasteiger charge is 2.59. The van der Waals surface area contributed by atoms with Crippen LogP contribution in [-0.2, 0) is 12.0 Å². The minimum Gasteiger partial charge on any atom is -0.486 e. The molecule has 1 aliphatic rings. The number of hydrogen-bond donors (Lipinski definition) is 1. The van der Waals surface area contributed by atoms with E-state index in [1.165, 1.54) is 6.07 Å². The van der Waals surface area contributed by atoms with Crippen LogP contribution in [0.1, 0.15) is 49.4 Å². The first-order chi connectivity index (χ1) is 14.7. The van der Waals surface area contributed by atoms with E-state index in [0.29, 0.717) is 29.8 Å². The van der Waals surface area contributed by atoms with Crippen molar-refractivity contribution in [3.05, 3.63) is 51.1 Å². The van der Waals surface area contributed by atoms with Crippen LogP contribution in [0.3, 0.4) is 0 Å². The molecule has 0 aliphatic heterocycles. The Labute approximate surface area is 179 Å². The van der Waals surface area contributed by atoms with Gasteiger partial charge in [0.05, 0.1) is 10.7 Å². The Kier molecular flexibility index (Phi) is 5.59. The van der Waals surface area contributed by atoms with E-state index in [9.17, 15) is 18.0 Å². The smallest absolute Gasteiger partial charge is 0.439 e. The average molecular weight is 458 g/mol. The largest absolute Gasteiger partial charge is 0.486 e. The van der Waals surface area contributed by atoms with E-state index in [4.69, 9.17) is 20.8 Å². The zero-order chi connectivity index (χ0) is 22.2. The summed E-state index contributed by atoms with van der Waals surface area (Å²) in [6, 6.07) is 4.65. The van der Waals surface area contributed by atoms with Gasteiger partial charge in [-0.3, -0.25) is 9.51 Å². The first-order valence-corrected chi connectivity index (χ1v) is 10.1. The SMILES string of the molecule is Cc1nc(C2(C(F)(F)F)CCCCC2)oc1COc1ccc(-c2noc(=O)[nH]2)c(Cl)c1. The lowest BCUT2D eigenvalue weighted by Gasteiger charge is -2.35. The van der Waals surface area contributed by atoms with Crippen molar-refractivity contribution in [2.24, 2.45) is 0 Å². The Balaban J connectivity index is 1.53. The molecule has 1 aromatic carbocycles. The summed E-state index contributed by atoms with van der Waals surface area (Å²) >= 11 is 6.22. The molecule has 31 heavy (non-hydrogen) atoms. The predicted molar refractivity (Wildman–Crippen MR) is 104 cm³/mol. The van der Waals surface area contributed by atoms with Crippen molar-refractivity contribution >= 4 is 11.6 Å². The van der Waals surface area contributed by atoms with Crippen LogP contribution in [0, 0.1) is 6.92 Å². The number of hydrogen-bond acceptors (Lipinski definition) is 6. The highest BCUT2D eigenvalue weighted by molar-refractivity contribution is 6.33. The summed E-state index contributed by atoms with van der Waals surface area (Å²) in [6.45, 7) is 1.48. The quantitative estimate of drug-likeness (QED) is 0.557. The molecule has 0 radical (unpaired) electrons. The fraction of sp³-hybridized carbons (Fsp3) is 0.450. The average Bonchev–Trinajstić information content (AvgIpc) is 3.32. The van der Waals surface area contributed by atoms with Crippen LogP contribution in [-0.4, -0.2) is 21.3 Å². The predicted octanol–water partition coefficient (Wildman–Crippen LogP) is 5.32. The van der Waals surface area contributed by atoms with Crippen molar-refractivity contribution < 1.29 is 26.8 Å². The van der Waals surface area contributed by atoms with Crippen molar-refractivity contribution in [2.45, 2.75) is 57.2 Å². The topological polar surface area (TPSA) is 94.2 Å². The lowest BCUT2D eigenvalue weighted by atomic mass is 9.73. The zero-order valence-electron chi connectivity index (χ0n) is 16.5. The zero-order valence-corrected chi connectivity index (χ0v) is 17.3. The number of benzene rings is 1. The van der Waals surface area contributed by atoms with E-state index >= 15 is 0 Å². The van der Waals surface area contributed by atoms with Crippen molar-refractivity contribution in [2.75, 3.05) is 0 Å². The molecule has 1 aliphatic carbocycles. The number of aromatic amines is 1. The van der Waals surface area contributed by atoms with Gasteiger partial charge in [0.25, 0.3) is 0 Å². The molecule has 0 spiro atoms. The van der Waals surface area contributed by atoms with Crippen LogP contribution in [0.2, 0.25) is 5.02 Å². The second kappa shape index (κ2) is 8.07. The molecular weight excluding hydrogens is 439 g/mol. The molecule has 0 bridgehead atoms. The lowest BCUT2D eigenvalue weighted by molar-refractivity contribution is -0.206. The van der Waals surface area contributed by atoms with Gasteiger partial charge in [-0.25, -0.2) is 9.78 Å². The minimum absolute atomic E-state index is 0.0298. The summed E-state index contributed by atoms with van der Waals surface area (Å²) in [5, 5.41) is 3.82. The maximum absolute atomic E-state index is 13.9. The highest BCUT2D eigenvalue weighted by atomic mass is 35.5. The highest BCUT2D eigenvalue weighted by Crippen LogP contribution is 2.50. The molecule has 2 heterocycles. The van der Waals surface area contributed by atoms with Crippen LogP contribution in [0.4, 0.5) is 13.2 Å². The second-order valence-electron chi connectivity index (χ2n) is 7.54. The summed E-state index contributed by atoms with van der Waals surface area (Å²) in [5.41, 5.74) is -1.26. The fourth-order valence-electron chi connectivity index (χ4n) is 3.81. The molecule has 7 nitrogen and oxygen atoms in total. The van der Waals surface area contributed by atoms with Gasteiger partial charge in [0.15, 0.2) is 11.6 Å². The molecule has 4 rings (SSSR count).